The molecule has 0 bridgehead atoms. The van der Waals surface area contributed by atoms with Gasteiger partial charge in [0.2, 0.25) is 0 Å². The molecule has 90 valence electrons. The van der Waals surface area contributed by atoms with E-state index in [-0.39, 0.29) is 18.1 Å². The van der Waals surface area contributed by atoms with E-state index in [2.05, 4.69) is 15.9 Å². The van der Waals surface area contributed by atoms with Crippen molar-refractivity contribution in [3.8, 4) is 5.75 Å². The predicted molar refractivity (Wildman–Crippen MR) is 68.5 cm³/mol. The van der Waals surface area contributed by atoms with E-state index in [1.165, 1.54) is 0 Å². The summed E-state index contributed by atoms with van der Waals surface area (Å²) in [7, 11) is 1.62. The number of aliphatic hydroxyl groups is 1. The molecule has 0 amide bonds. The summed E-state index contributed by atoms with van der Waals surface area (Å²) in [4.78, 5) is 0. The zero-order valence-electron chi connectivity index (χ0n) is 9.83. The van der Waals surface area contributed by atoms with Crippen molar-refractivity contribution in [3.63, 3.8) is 0 Å². The highest BCUT2D eigenvalue weighted by atomic mass is 79.9. The van der Waals surface area contributed by atoms with E-state index in [1.807, 2.05) is 32.0 Å². The van der Waals surface area contributed by atoms with Gasteiger partial charge in [0.1, 0.15) is 5.75 Å². The van der Waals surface area contributed by atoms with Crippen molar-refractivity contribution in [3.05, 3.63) is 28.2 Å². The van der Waals surface area contributed by atoms with Gasteiger partial charge in [0.05, 0.1) is 7.11 Å². The minimum atomic E-state index is -0.366. The van der Waals surface area contributed by atoms with Gasteiger partial charge in [-0.25, -0.2) is 0 Å². The average molecular weight is 288 g/mol. The number of rotatable bonds is 4. The summed E-state index contributed by atoms with van der Waals surface area (Å²) >= 11 is 3.46. The van der Waals surface area contributed by atoms with E-state index in [1.54, 1.807) is 7.11 Å². The van der Waals surface area contributed by atoms with Gasteiger partial charge in [-0.05, 0) is 23.8 Å². The Balaban J connectivity index is 3.11. The molecule has 0 unspecified atom stereocenters. The van der Waals surface area contributed by atoms with Gasteiger partial charge in [-0.1, -0.05) is 29.8 Å². The van der Waals surface area contributed by atoms with Gasteiger partial charge >= 0.3 is 0 Å². The van der Waals surface area contributed by atoms with Crippen molar-refractivity contribution in [2.45, 2.75) is 19.9 Å². The number of aliphatic hydroxyl groups excluding tert-OH is 1. The summed E-state index contributed by atoms with van der Waals surface area (Å²) in [5.74, 6) is 0.766. The second-order valence-electron chi connectivity index (χ2n) is 4.51. The number of nitrogens with two attached hydrogens (primary N) is 1. The van der Waals surface area contributed by atoms with Crippen molar-refractivity contribution in [1.82, 2.24) is 0 Å². The largest absolute Gasteiger partial charge is 0.497 e. The Bertz CT molecular complexity index is 366. The van der Waals surface area contributed by atoms with Gasteiger partial charge in [0, 0.05) is 22.5 Å². The molecule has 0 aliphatic rings. The van der Waals surface area contributed by atoms with E-state index in [0.29, 0.717) is 0 Å². The normalized spacial score (nSPS) is 13.6. The molecular weight excluding hydrogens is 270 g/mol. The SMILES string of the molecule is COc1ccc(Br)c([C@@H](N)C(C)(C)CO)c1. The van der Waals surface area contributed by atoms with E-state index >= 15 is 0 Å². The quantitative estimate of drug-likeness (QED) is 0.895. The van der Waals surface area contributed by atoms with Gasteiger partial charge in [0.25, 0.3) is 0 Å². The number of benzene rings is 1. The summed E-state index contributed by atoms with van der Waals surface area (Å²) in [6.45, 7) is 3.91. The molecule has 16 heavy (non-hydrogen) atoms. The number of hydrogen-bond acceptors (Lipinski definition) is 3. The minimum Gasteiger partial charge on any atom is -0.497 e. The van der Waals surface area contributed by atoms with Crippen LogP contribution in [-0.2, 0) is 0 Å². The Hall–Kier alpha value is -0.580. The van der Waals surface area contributed by atoms with Gasteiger partial charge in [-0.15, -0.1) is 0 Å². The minimum absolute atomic E-state index is 0.0395. The molecule has 0 saturated carbocycles. The van der Waals surface area contributed by atoms with Crippen LogP contribution in [0.3, 0.4) is 0 Å². The molecule has 0 aliphatic carbocycles. The first-order valence-electron chi connectivity index (χ1n) is 5.12. The molecule has 0 radical (unpaired) electrons. The lowest BCUT2D eigenvalue weighted by atomic mass is 9.82. The molecular formula is C12H18BrNO2. The number of halogens is 1. The maximum absolute atomic E-state index is 9.32. The van der Waals surface area contributed by atoms with Gasteiger partial charge in [-0.2, -0.15) is 0 Å². The lowest BCUT2D eigenvalue weighted by molar-refractivity contribution is 0.132. The Morgan fingerprint density at radius 1 is 1.50 bits per heavy atom. The van der Waals surface area contributed by atoms with Crippen molar-refractivity contribution < 1.29 is 9.84 Å². The van der Waals surface area contributed by atoms with Gasteiger partial charge in [0.15, 0.2) is 0 Å². The molecule has 3 nitrogen and oxygen atoms in total. The molecule has 0 spiro atoms. The second kappa shape index (κ2) is 5.17. The maximum Gasteiger partial charge on any atom is 0.119 e. The summed E-state index contributed by atoms with van der Waals surface area (Å²) in [6, 6.07) is 5.42. The van der Waals surface area contributed by atoms with Crippen LogP contribution in [0, 0.1) is 5.41 Å². The zero-order chi connectivity index (χ0) is 12.3. The number of hydrogen-bond donors (Lipinski definition) is 2. The summed E-state index contributed by atoms with van der Waals surface area (Å²) < 4.78 is 6.10. The van der Waals surface area contributed by atoms with Crippen molar-refractivity contribution >= 4 is 15.9 Å². The fraction of sp³-hybridized carbons (Fsp3) is 0.500. The highest BCUT2D eigenvalue weighted by molar-refractivity contribution is 9.10. The molecule has 0 heterocycles. The fourth-order valence-electron chi connectivity index (χ4n) is 1.41. The van der Waals surface area contributed by atoms with E-state index in [0.717, 1.165) is 15.8 Å². The Morgan fingerprint density at radius 2 is 2.12 bits per heavy atom. The molecule has 1 rings (SSSR count). The highest BCUT2D eigenvalue weighted by Gasteiger charge is 2.28. The summed E-state index contributed by atoms with van der Waals surface area (Å²) in [5.41, 5.74) is 6.74. The van der Waals surface area contributed by atoms with Crippen LogP contribution >= 0.6 is 15.9 Å². The molecule has 0 aromatic heterocycles. The zero-order valence-corrected chi connectivity index (χ0v) is 11.4. The van der Waals surface area contributed by atoms with Crippen LogP contribution in [0.15, 0.2) is 22.7 Å². The second-order valence-corrected chi connectivity index (χ2v) is 5.37. The molecule has 1 aromatic carbocycles. The molecule has 3 N–H and O–H groups in total. The molecule has 1 atom stereocenters. The lowest BCUT2D eigenvalue weighted by Gasteiger charge is -2.30. The maximum atomic E-state index is 9.32. The van der Waals surface area contributed by atoms with Crippen LogP contribution in [0.25, 0.3) is 0 Å². The third-order valence-electron chi connectivity index (χ3n) is 2.79. The first kappa shape index (κ1) is 13.5. The van der Waals surface area contributed by atoms with Crippen molar-refractivity contribution in [2.75, 3.05) is 13.7 Å². The third kappa shape index (κ3) is 2.75. The predicted octanol–water partition coefficient (Wildman–Crippen LogP) is 2.48. The first-order chi connectivity index (χ1) is 7.42. The Morgan fingerprint density at radius 3 is 2.62 bits per heavy atom. The Kier molecular flexibility index (Phi) is 4.35. The third-order valence-corrected chi connectivity index (χ3v) is 3.51. The standard InChI is InChI=1S/C12H18BrNO2/c1-12(2,7-15)11(14)9-6-8(16-3)4-5-10(9)13/h4-6,11,15H,7,14H2,1-3H3/t11-/m1/s1. The fourth-order valence-corrected chi connectivity index (χ4v) is 1.90. The van der Waals surface area contributed by atoms with E-state index in [4.69, 9.17) is 10.5 Å². The monoisotopic (exact) mass is 287 g/mol. The van der Waals surface area contributed by atoms with E-state index < -0.39 is 0 Å². The van der Waals surface area contributed by atoms with Gasteiger partial charge in [-0.3, -0.25) is 0 Å². The van der Waals surface area contributed by atoms with Crippen molar-refractivity contribution in [1.29, 1.82) is 0 Å². The van der Waals surface area contributed by atoms with Crippen LogP contribution in [0.5, 0.6) is 5.75 Å². The van der Waals surface area contributed by atoms with Crippen LogP contribution in [0.1, 0.15) is 25.5 Å². The summed E-state index contributed by atoms with van der Waals surface area (Å²) in [6.07, 6.45) is 0. The summed E-state index contributed by atoms with van der Waals surface area (Å²) in [5, 5.41) is 9.32. The number of methoxy groups -OCH3 is 1. The smallest absolute Gasteiger partial charge is 0.119 e. The number of ether oxygens (including phenoxy) is 1. The van der Waals surface area contributed by atoms with Crippen LogP contribution in [0.2, 0.25) is 0 Å². The van der Waals surface area contributed by atoms with Gasteiger partial charge < -0.3 is 15.6 Å². The molecule has 0 aliphatic heterocycles. The Labute approximate surface area is 105 Å². The van der Waals surface area contributed by atoms with Crippen LogP contribution in [-0.4, -0.2) is 18.8 Å². The first-order valence-corrected chi connectivity index (χ1v) is 5.91. The van der Waals surface area contributed by atoms with E-state index in [9.17, 15) is 5.11 Å². The van der Waals surface area contributed by atoms with Crippen molar-refractivity contribution in [2.24, 2.45) is 11.1 Å². The highest BCUT2D eigenvalue weighted by Crippen LogP contribution is 2.36. The molecule has 1 aromatic rings. The van der Waals surface area contributed by atoms with Crippen LogP contribution in [0.4, 0.5) is 0 Å². The topological polar surface area (TPSA) is 55.5 Å². The van der Waals surface area contributed by atoms with Crippen LogP contribution < -0.4 is 10.5 Å². The average Bonchev–Trinajstić information content (AvgIpc) is 2.29. The molecule has 4 heteroatoms. The molecule has 0 fully saturated rings. The molecule has 0 saturated heterocycles. The lowest BCUT2D eigenvalue weighted by Crippen LogP contribution is -2.32.